The lowest BCUT2D eigenvalue weighted by molar-refractivity contribution is 0.0996. The fourth-order valence-corrected chi connectivity index (χ4v) is 2.35. The third-order valence-electron chi connectivity index (χ3n) is 1.89. The van der Waals surface area contributed by atoms with Gasteiger partial charge in [0.15, 0.2) is 0 Å². The van der Waals surface area contributed by atoms with Crippen molar-refractivity contribution in [1.29, 1.82) is 0 Å². The second-order valence-electron chi connectivity index (χ2n) is 3.68. The van der Waals surface area contributed by atoms with Gasteiger partial charge in [-0.2, -0.15) is 11.8 Å². The maximum atomic E-state index is 11.3. The fourth-order valence-electron chi connectivity index (χ4n) is 1.14. The zero-order chi connectivity index (χ0) is 12.2. The molecule has 1 rings (SSSR count). The molecule has 5 nitrogen and oxygen atoms in total. The summed E-state index contributed by atoms with van der Waals surface area (Å²) < 4.78 is 0.500. The van der Waals surface area contributed by atoms with Crippen LogP contribution in [0.2, 0.25) is 0 Å². The molecule has 0 amide bonds. The van der Waals surface area contributed by atoms with Crippen LogP contribution in [0, 0.1) is 3.57 Å². The van der Waals surface area contributed by atoms with E-state index in [9.17, 15) is 9.90 Å². The minimum atomic E-state index is -0.813. The lowest BCUT2D eigenvalue weighted by Crippen LogP contribution is -2.36. The van der Waals surface area contributed by atoms with Crippen LogP contribution >= 0.6 is 34.4 Å². The van der Waals surface area contributed by atoms with Crippen LogP contribution in [0.25, 0.3) is 0 Å². The van der Waals surface area contributed by atoms with E-state index in [1.54, 1.807) is 18.7 Å². The molecule has 3 N–H and O–H groups in total. The second-order valence-corrected chi connectivity index (χ2v) is 5.62. The standard InChI is InChI=1S/C9H14IN3O2S/c1-9(15,4-16-2)3-11-7-6(10)8(14)13-5-12-7/h5,15H,3-4H2,1-2H3,(H2,11,12,13,14). The number of halogens is 1. The van der Waals surface area contributed by atoms with Crippen LogP contribution in [0.15, 0.2) is 11.1 Å². The van der Waals surface area contributed by atoms with E-state index in [0.29, 0.717) is 21.7 Å². The molecule has 0 aliphatic carbocycles. The van der Waals surface area contributed by atoms with Crippen LogP contribution in [0.1, 0.15) is 6.92 Å². The van der Waals surface area contributed by atoms with E-state index in [2.05, 4.69) is 15.3 Å². The van der Waals surface area contributed by atoms with Gasteiger partial charge in [-0.05, 0) is 35.8 Å². The summed E-state index contributed by atoms with van der Waals surface area (Å²) in [5.41, 5.74) is -0.991. The Morgan fingerprint density at radius 2 is 2.44 bits per heavy atom. The van der Waals surface area contributed by atoms with E-state index in [-0.39, 0.29) is 5.56 Å². The number of anilines is 1. The van der Waals surface area contributed by atoms with E-state index in [4.69, 9.17) is 0 Å². The summed E-state index contributed by atoms with van der Waals surface area (Å²) in [5.74, 6) is 1.13. The van der Waals surface area contributed by atoms with E-state index < -0.39 is 5.60 Å². The first kappa shape index (κ1) is 13.8. The van der Waals surface area contributed by atoms with Crippen molar-refractivity contribution in [3.8, 4) is 0 Å². The van der Waals surface area contributed by atoms with Crippen LogP contribution in [-0.4, -0.2) is 39.2 Å². The number of nitrogens with one attached hydrogen (secondary N) is 2. The number of hydrogen-bond donors (Lipinski definition) is 3. The van der Waals surface area contributed by atoms with E-state index in [1.165, 1.54) is 6.33 Å². The van der Waals surface area contributed by atoms with Gasteiger partial charge in [-0.25, -0.2) is 4.98 Å². The van der Waals surface area contributed by atoms with Crippen LogP contribution < -0.4 is 10.9 Å². The molecule has 1 unspecified atom stereocenters. The van der Waals surface area contributed by atoms with Gasteiger partial charge in [0.2, 0.25) is 0 Å². The molecule has 16 heavy (non-hydrogen) atoms. The Labute approximate surface area is 112 Å². The zero-order valence-corrected chi connectivity index (χ0v) is 12.1. The summed E-state index contributed by atoms with van der Waals surface area (Å²) in [4.78, 5) is 17.8. The summed E-state index contributed by atoms with van der Waals surface area (Å²) in [6.07, 6.45) is 3.28. The predicted molar refractivity (Wildman–Crippen MR) is 75.1 cm³/mol. The molecular formula is C9H14IN3O2S. The molecule has 0 radical (unpaired) electrons. The van der Waals surface area contributed by atoms with Gasteiger partial charge in [-0.15, -0.1) is 0 Å². The molecule has 90 valence electrons. The Morgan fingerprint density at radius 1 is 1.75 bits per heavy atom. The Morgan fingerprint density at radius 3 is 3.06 bits per heavy atom. The highest BCUT2D eigenvalue weighted by Crippen LogP contribution is 2.14. The summed E-state index contributed by atoms with van der Waals surface area (Å²) in [6.45, 7) is 2.11. The van der Waals surface area contributed by atoms with Gasteiger partial charge in [0.05, 0.1) is 11.9 Å². The van der Waals surface area contributed by atoms with Crippen molar-refractivity contribution in [2.45, 2.75) is 12.5 Å². The van der Waals surface area contributed by atoms with Crippen LogP contribution in [0.3, 0.4) is 0 Å². The molecule has 0 fully saturated rings. The van der Waals surface area contributed by atoms with Crippen molar-refractivity contribution in [2.75, 3.05) is 23.9 Å². The highest BCUT2D eigenvalue weighted by atomic mass is 127. The Balaban J connectivity index is 2.68. The Bertz CT molecular complexity index is 408. The monoisotopic (exact) mass is 355 g/mol. The number of aromatic amines is 1. The van der Waals surface area contributed by atoms with Crippen molar-refractivity contribution in [2.24, 2.45) is 0 Å². The molecule has 1 aromatic rings. The topological polar surface area (TPSA) is 78.0 Å². The summed E-state index contributed by atoms with van der Waals surface area (Å²) in [6, 6.07) is 0. The van der Waals surface area contributed by atoms with Gasteiger partial charge in [0.1, 0.15) is 9.39 Å². The normalized spacial score (nSPS) is 14.5. The highest BCUT2D eigenvalue weighted by molar-refractivity contribution is 14.1. The van der Waals surface area contributed by atoms with Gasteiger partial charge < -0.3 is 15.4 Å². The summed E-state index contributed by atoms with van der Waals surface area (Å²) in [7, 11) is 0. The Hall–Kier alpha value is -0.280. The first-order valence-corrected chi connectivity index (χ1v) is 7.12. The van der Waals surface area contributed by atoms with Crippen molar-refractivity contribution >= 4 is 40.2 Å². The van der Waals surface area contributed by atoms with E-state index >= 15 is 0 Å². The molecule has 0 aromatic carbocycles. The van der Waals surface area contributed by atoms with Gasteiger partial charge in [-0.1, -0.05) is 0 Å². The molecule has 1 atom stereocenters. The zero-order valence-electron chi connectivity index (χ0n) is 9.08. The van der Waals surface area contributed by atoms with Gasteiger partial charge >= 0.3 is 0 Å². The van der Waals surface area contributed by atoms with Gasteiger partial charge in [0.25, 0.3) is 5.56 Å². The van der Waals surface area contributed by atoms with E-state index in [0.717, 1.165) is 0 Å². The average Bonchev–Trinajstić information content (AvgIpc) is 2.20. The van der Waals surface area contributed by atoms with Gasteiger partial charge in [0, 0.05) is 12.3 Å². The highest BCUT2D eigenvalue weighted by Gasteiger charge is 2.20. The van der Waals surface area contributed by atoms with Crippen molar-refractivity contribution in [1.82, 2.24) is 9.97 Å². The lowest BCUT2D eigenvalue weighted by atomic mass is 10.1. The summed E-state index contributed by atoms with van der Waals surface area (Å²) in [5, 5.41) is 12.9. The van der Waals surface area contributed by atoms with Crippen LogP contribution in [0.4, 0.5) is 5.82 Å². The number of hydrogen-bond acceptors (Lipinski definition) is 5. The SMILES string of the molecule is CSCC(C)(O)CNc1nc[nH]c(=O)c1I. The molecule has 0 saturated carbocycles. The maximum Gasteiger partial charge on any atom is 0.266 e. The van der Waals surface area contributed by atoms with Crippen molar-refractivity contribution in [3.05, 3.63) is 20.3 Å². The van der Waals surface area contributed by atoms with Crippen LogP contribution in [0.5, 0.6) is 0 Å². The molecule has 7 heteroatoms. The largest absolute Gasteiger partial charge is 0.387 e. The first-order chi connectivity index (χ1) is 7.46. The number of rotatable bonds is 5. The second kappa shape index (κ2) is 5.87. The van der Waals surface area contributed by atoms with Crippen LogP contribution in [-0.2, 0) is 0 Å². The van der Waals surface area contributed by atoms with Crippen molar-refractivity contribution < 1.29 is 5.11 Å². The minimum absolute atomic E-state index is 0.178. The molecule has 0 aliphatic heterocycles. The first-order valence-electron chi connectivity index (χ1n) is 4.64. The van der Waals surface area contributed by atoms with E-state index in [1.807, 2.05) is 28.8 Å². The fraction of sp³-hybridized carbons (Fsp3) is 0.556. The average molecular weight is 355 g/mol. The molecule has 0 aliphatic rings. The number of aliphatic hydroxyl groups is 1. The molecule has 0 bridgehead atoms. The number of aromatic nitrogens is 2. The lowest BCUT2D eigenvalue weighted by Gasteiger charge is -2.22. The quantitative estimate of drug-likeness (QED) is 0.685. The van der Waals surface area contributed by atoms with Gasteiger partial charge in [-0.3, -0.25) is 4.79 Å². The smallest absolute Gasteiger partial charge is 0.266 e. The molecule has 0 saturated heterocycles. The molecule has 1 aromatic heterocycles. The minimum Gasteiger partial charge on any atom is -0.387 e. The third-order valence-corrected chi connectivity index (χ3v) is 3.80. The molecular weight excluding hydrogens is 341 g/mol. The molecule has 0 spiro atoms. The predicted octanol–water partition coefficient (Wildman–Crippen LogP) is 0.900. The number of nitrogens with zero attached hydrogens (tertiary/aromatic N) is 1. The van der Waals surface area contributed by atoms with Crippen molar-refractivity contribution in [3.63, 3.8) is 0 Å². The maximum absolute atomic E-state index is 11.3. The third kappa shape index (κ3) is 3.95. The number of thioether (sulfide) groups is 1. The summed E-state index contributed by atoms with van der Waals surface area (Å²) >= 11 is 3.49. The number of H-pyrrole nitrogens is 1. The Kier molecular flexibility index (Phi) is 5.06. The molecule has 1 heterocycles.